The van der Waals surface area contributed by atoms with Crippen LogP contribution in [-0.2, 0) is 4.74 Å². The van der Waals surface area contributed by atoms with Crippen LogP contribution in [0.4, 0.5) is 0 Å². The van der Waals surface area contributed by atoms with Crippen molar-refractivity contribution in [1.29, 1.82) is 0 Å². The molecule has 0 amide bonds. The van der Waals surface area contributed by atoms with Crippen LogP contribution in [0.25, 0.3) is 0 Å². The third kappa shape index (κ3) is 1.72. The van der Waals surface area contributed by atoms with E-state index < -0.39 is 30.5 Å². The van der Waals surface area contributed by atoms with Crippen molar-refractivity contribution in [2.24, 2.45) is 0 Å². The lowest BCUT2D eigenvalue weighted by Crippen LogP contribution is -2.57. The molecule has 1 aliphatic rings. The second kappa shape index (κ2) is 3.89. The van der Waals surface area contributed by atoms with Gasteiger partial charge in [0.25, 0.3) is 0 Å². The van der Waals surface area contributed by atoms with E-state index >= 15 is 0 Å². The standard InChI is InChI=1S/C7H13ClO4/c1-3-5(9)7(11)6(10)4(2-8)12-3/h3-7,9-11H,2H2,1H3/t3?,4?,5?,6-,7?/m0/s1. The van der Waals surface area contributed by atoms with Gasteiger partial charge in [-0.1, -0.05) is 0 Å². The molecule has 0 spiro atoms. The second-order valence-electron chi connectivity index (χ2n) is 3.01. The van der Waals surface area contributed by atoms with Crippen molar-refractivity contribution in [3.8, 4) is 0 Å². The highest BCUT2D eigenvalue weighted by Gasteiger charge is 2.40. The van der Waals surface area contributed by atoms with E-state index in [4.69, 9.17) is 16.3 Å². The van der Waals surface area contributed by atoms with E-state index in [-0.39, 0.29) is 5.88 Å². The van der Waals surface area contributed by atoms with Gasteiger partial charge in [-0.05, 0) is 6.92 Å². The number of rotatable bonds is 1. The van der Waals surface area contributed by atoms with Crippen LogP contribution in [0, 0.1) is 0 Å². The molecule has 0 radical (unpaired) electrons. The highest BCUT2D eigenvalue weighted by atomic mass is 35.5. The molecule has 4 nitrogen and oxygen atoms in total. The Hall–Kier alpha value is 0.130. The smallest absolute Gasteiger partial charge is 0.111 e. The van der Waals surface area contributed by atoms with Gasteiger partial charge in [0.1, 0.15) is 18.3 Å². The molecular formula is C7H13ClO4. The van der Waals surface area contributed by atoms with Gasteiger partial charge >= 0.3 is 0 Å². The monoisotopic (exact) mass is 196 g/mol. The van der Waals surface area contributed by atoms with Crippen LogP contribution in [0.5, 0.6) is 0 Å². The molecule has 0 bridgehead atoms. The lowest BCUT2D eigenvalue weighted by atomic mass is 9.97. The van der Waals surface area contributed by atoms with E-state index in [0.717, 1.165) is 0 Å². The van der Waals surface area contributed by atoms with E-state index in [0.29, 0.717) is 0 Å². The number of hydrogen-bond acceptors (Lipinski definition) is 4. The molecule has 5 heteroatoms. The molecule has 12 heavy (non-hydrogen) atoms. The maximum Gasteiger partial charge on any atom is 0.111 e. The average Bonchev–Trinajstić information content (AvgIpc) is 2.08. The van der Waals surface area contributed by atoms with Gasteiger partial charge in [0.2, 0.25) is 0 Å². The zero-order valence-corrected chi connectivity index (χ0v) is 7.48. The van der Waals surface area contributed by atoms with Crippen LogP contribution in [0.2, 0.25) is 0 Å². The molecule has 0 aliphatic carbocycles. The first-order valence-corrected chi connectivity index (χ1v) is 4.37. The van der Waals surface area contributed by atoms with E-state index in [2.05, 4.69) is 0 Å². The van der Waals surface area contributed by atoms with Gasteiger partial charge in [0.15, 0.2) is 0 Å². The summed E-state index contributed by atoms with van der Waals surface area (Å²) in [4.78, 5) is 0. The topological polar surface area (TPSA) is 69.9 Å². The summed E-state index contributed by atoms with van der Waals surface area (Å²) in [6, 6.07) is 0. The number of alkyl halides is 1. The zero-order chi connectivity index (χ0) is 9.30. The van der Waals surface area contributed by atoms with Crippen molar-refractivity contribution in [3.05, 3.63) is 0 Å². The molecule has 0 aromatic carbocycles. The lowest BCUT2D eigenvalue weighted by molar-refractivity contribution is -0.210. The Labute approximate surface area is 75.7 Å². The summed E-state index contributed by atoms with van der Waals surface area (Å²) >= 11 is 5.48. The first-order valence-electron chi connectivity index (χ1n) is 3.83. The molecule has 0 saturated carbocycles. The Balaban J connectivity index is 2.63. The first-order chi connectivity index (χ1) is 5.57. The van der Waals surface area contributed by atoms with Crippen molar-refractivity contribution >= 4 is 11.6 Å². The van der Waals surface area contributed by atoms with E-state index in [1.165, 1.54) is 0 Å². The van der Waals surface area contributed by atoms with Crippen molar-refractivity contribution in [2.75, 3.05) is 5.88 Å². The Morgan fingerprint density at radius 3 is 2.25 bits per heavy atom. The molecule has 1 heterocycles. The SMILES string of the molecule is CC1OC(CCl)[C@H](O)C(O)C1O. The van der Waals surface area contributed by atoms with Crippen molar-refractivity contribution in [3.63, 3.8) is 0 Å². The maximum absolute atomic E-state index is 9.31. The number of ether oxygens (including phenoxy) is 1. The summed E-state index contributed by atoms with van der Waals surface area (Å²) in [7, 11) is 0. The number of halogens is 1. The van der Waals surface area contributed by atoms with Crippen LogP contribution >= 0.6 is 11.6 Å². The van der Waals surface area contributed by atoms with Gasteiger partial charge in [0, 0.05) is 0 Å². The molecular weight excluding hydrogens is 184 g/mol. The third-order valence-corrected chi connectivity index (χ3v) is 2.41. The molecule has 0 aromatic heterocycles. The summed E-state index contributed by atoms with van der Waals surface area (Å²) < 4.78 is 5.14. The number of aliphatic hydroxyl groups is 3. The van der Waals surface area contributed by atoms with Crippen LogP contribution in [0.15, 0.2) is 0 Å². The fourth-order valence-electron chi connectivity index (χ4n) is 1.26. The van der Waals surface area contributed by atoms with Crippen LogP contribution in [-0.4, -0.2) is 51.7 Å². The Morgan fingerprint density at radius 1 is 1.17 bits per heavy atom. The quantitative estimate of drug-likeness (QED) is 0.476. The number of hydrogen-bond donors (Lipinski definition) is 3. The fraction of sp³-hybridized carbons (Fsp3) is 1.00. The molecule has 0 aromatic rings. The van der Waals surface area contributed by atoms with Gasteiger partial charge in [-0.2, -0.15) is 0 Å². The summed E-state index contributed by atoms with van der Waals surface area (Å²) in [6.45, 7) is 1.62. The van der Waals surface area contributed by atoms with Crippen LogP contribution in [0.1, 0.15) is 6.92 Å². The molecule has 5 atom stereocenters. The largest absolute Gasteiger partial charge is 0.388 e. The molecule has 1 saturated heterocycles. The molecule has 72 valence electrons. The summed E-state index contributed by atoms with van der Waals surface area (Å²) in [5.41, 5.74) is 0. The third-order valence-electron chi connectivity index (χ3n) is 2.10. The zero-order valence-electron chi connectivity index (χ0n) is 6.72. The predicted octanol–water partition coefficient (Wildman–Crippen LogP) is -0.905. The Kier molecular flexibility index (Phi) is 3.31. The Morgan fingerprint density at radius 2 is 1.75 bits per heavy atom. The molecule has 3 N–H and O–H groups in total. The molecule has 4 unspecified atom stereocenters. The molecule has 1 fully saturated rings. The van der Waals surface area contributed by atoms with E-state index in [1.54, 1.807) is 6.92 Å². The summed E-state index contributed by atoms with van der Waals surface area (Å²) in [6.07, 6.45) is -4.40. The summed E-state index contributed by atoms with van der Waals surface area (Å²) in [5.74, 6) is 0.106. The van der Waals surface area contributed by atoms with Crippen LogP contribution in [0.3, 0.4) is 0 Å². The van der Waals surface area contributed by atoms with Gasteiger partial charge in [-0.25, -0.2) is 0 Å². The van der Waals surface area contributed by atoms with E-state index in [9.17, 15) is 15.3 Å². The minimum atomic E-state index is -1.17. The fourth-order valence-corrected chi connectivity index (χ4v) is 1.52. The minimum Gasteiger partial charge on any atom is -0.388 e. The van der Waals surface area contributed by atoms with Gasteiger partial charge in [-0.3, -0.25) is 0 Å². The number of aliphatic hydroxyl groups excluding tert-OH is 3. The van der Waals surface area contributed by atoms with Crippen molar-refractivity contribution in [1.82, 2.24) is 0 Å². The van der Waals surface area contributed by atoms with Crippen molar-refractivity contribution in [2.45, 2.75) is 37.4 Å². The minimum absolute atomic E-state index is 0.106. The molecule has 1 rings (SSSR count). The van der Waals surface area contributed by atoms with E-state index in [1.807, 2.05) is 0 Å². The van der Waals surface area contributed by atoms with Crippen molar-refractivity contribution < 1.29 is 20.1 Å². The maximum atomic E-state index is 9.31. The van der Waals surface area contributed by atoms with Gasteiger partial charge < -0.3 is 20.1 Å². The summed E-state index contributed by atoms with van der Waals surface area (Å²) in [5, 5.41) is 27.8. The first kappa shape index (κ1) is 10.2. The highest BCUT2D eigenvalue weighted by molar-refractivity contribution is 6.18. The highest BCUT2D eigenvalue weighted by Crippen LogP contribution is 2.21. The Bertz CT molecular complexity index is 150. The van der Waals surface area contributed by atoms with Gasteiger partial charge in [0.05, 0.1) is 18.1 Å². The lowest BCUT2D eigenvalue weighted by Gasteiger charge is -2.38. The second-order valence-corrected chi connectivity index (χ2v) is 3.31. The average molecular weight is 197 g/mol. The van der Waals surface area contributed by atoms with Crippen LogP contribution < -0.4 is 0 Å². The normalized spacial score (nSPS) is 49.2. The molecule has 1 aliphatic heterocycles. The predicted molar refractivity (Wildman–Crippen MR) is 43.1 cm³/mol. The van der Waals surface area contributed by atoms with Gasteiger partial charge in [-0.15, -0.1) is 11.6 Å².